The number of thioether (sulfide) groups is 1. The summed E-state index contributed by atoms with van der Waals surface area (Å²) in [5.74, 6) is 0.938. The Balaban J connectivity index is 1.97. The molecule has 0 saturated carbocycles. The second-order valence-electron chi connectivity index (χ2n) is 6.24. The van der Waals surface area contributed by atoms with Crippen LogP contribution in [0.25, 0.3) is 10.2 Å². The number of anilines is 1. The van der Waals surface area contributed by atoms with E-state index in [-0.39, 0.29) is 5.60 Å². The van der Waals surface area contributed by atoms with Crippen LogP contribution in [0.4, 0.5) is 5.82 Å². The van der Waals surface area contributed by atoms with Gasteiger partial charge in [0, 0.05) is 37.1 Å². The Labute approximate surface area is 145 Å². The molecule has 126 valence electrons. The van der Waals surface area contributed by atoms with E-state index in [0.717, 1.165) is 47.2 Å². The maximum absolute atomic E-state index is 5.99. The quantitative estimate of drug-likeness (QED) is 0.485. The SMILES string of the molecule is COCCCNc1nc(SC)nc2c3c(sc12)CC(C)(C)OC3. The standard InChI is InChI=1S/C16H23N3O2S2/c1-16(2)8-11-10(9-21-16)12-13(23-11)14(17-6-5-7-20-3)19-15(18-12)22-4/h5-9H2,1-4H3,(H,17,18,19). The van der Waals surface area contributed by atoms with Gasteiger partial charge in [-0.15, -0.1) is 11.3 Å². The molecule has 0 bridgehead atoms. The average molecular weight is 354 g/mol. The van der Waals surface area contributed by atoms with Crippen LogP contribution in [0.1, 0.15) is 30.7 Å². The minimum absolute atomic E-state index is 0.101. The smallest absolute Gasteiger partial charge is 0.189 e. The lowest BCUT2D eigenvalue weighted by Gasteiger charge is -2.29. The van der Waals surface area contributed by atoms with Gasteiger partial charge in [0.25, 0.3) is 0 Å². The molecule has 1 aliphatic rings. The fraction of sp³-hybridized carbons (Fsp3) is 0.625. The zero-order valence-electron chi connectivity index (χ0n) is 14.1. The van der Waals surface area contributed by atoms with E-state index in [0.29, 0.717) is 6.61 Å². The lowest BCUT2D eigenvalue weighted by Crippen LogP contribution is -2.30. The molecule has 0 unspecified atom stereocenters. The van der Waals surface area contributed by atoms with Crippen molar-refractivity contribution in [2.24, 2.45) is 0 Å². The molecule has 0 aromatic carbocycles. The van der Waals surface area contributed by atoms with Crippen molar-refractivity contribution in [3.8, 4) is 0 Å². The van der Waals surface area contributed by atoms with Crippen LogP contribution in [0.2, 0.25) is 0 Å². The number of methoxy groups -OCH3 is 1. The molecule has 2 aromatic rings. The Bertz CT molecular complexity index is 700. The van der Waals surface area contributed by atoms with Crippen LogP contribution in [0.15, 0.2) is 5.16 Å². The molecule has 3 rings (SSSR count). The van der Waals surface area contributed by atoms with Gasteiger partial charge >= 0.3 is 0 Å². The van der Waals surface area contributed by atoms with Crippen molar-refractivity contribution >= 4 is 39.1 Å². The second-order valence-corrected chi connectivity index (χ2v) is 8.12. The number of nitrogens with one attached hydrogen (secondary N) is 1. The summed E-state index contributed by atoms with van der Waals surface area (Å²) in [6.07, 6.45) is 3.90. The first-order valence-corrected chi connectivity index (χ1v) is 9.81. The summed E-state index contributed by atoms with van der Waals surface area (Å²) in [7, 11) is 1.73. The van der Waals surface area contributed by atoms with Crippen molar-refractivity contribution in [2.75, 3.05) is 31.8 Å². The van der Waals surface area contributed by atoms with E-state index in [1.165, 1.54) is 10.4 Å². The molecule has 0 saturated heterocycles. The Morgan fingerprint density at radius 2 is 2.22 bits per heavy atom. The lowest BCUT2D eigenvalue weighted by molar-refractivity contribution is -0.0383. The van der Waals surface area contributed by atoms with Gasteiger partial charge in [-0.1, -0.05) is 11.8 Å². The number of thiophene rings is 1. The van der Waals surface area contributed by atoms with Crippen molar-refractivity contribution in [1.29, 1.82) is 0 Å². The minimum Gasteiger partial charge on any atom is -0.385 e. The largest absolute Gasteiger partial charge is 0.385 e. The predicted octanol–water partition coefficient (Wildman–Crippen LogP) is 3.71. The van der Waals surface area contributed by atoms with Gasteiger partial charge < -0.3 is 14.8 Å². The molecule has 7 heteroatoms. The van der Waals surface area contributed by atoms with Crippen molar-refractivity contribution in [2.45, 2.75) is 44.1 Å². The number of aromatic nitrogens is 2. The molecule has 1 N–H and O–H groups in total. The van der Waals surface area contributed by atoms with Crippen molar-refractivity contribution < 1.29 is 9.47 Å². The Morgan fingerprint density at radius 1 is 1.39 bits per heavy atom. The normalized spacial score (nSPS) is 16.5. The molecule has 0 amide bonds. The van der Waals surface area contributed by atoms with Crippen LogP contribution >= 0.6 is 23.1 Å². The molecule has 1 aliphatic heterocycles. The number of nitrogens with zero attached hydrogens (tertiary/aromatic N) is 2. The highest BCUT2D eigenvalue weighted by atomic mass is 32.2. The first-order valence-electron chi connectivity index (χ1n) is 7.77. The Morgan fingerprint density at radius 3 is 2.96 bits per heavy atom. The maximum Gasteiger partial charge on any atom is 0.189 e. The van der Waals surface area contributed by atoms with Crippen LogP contribution in [0.3, 0.4) is 0 Å². The third kappa shape index (κ3) is 3.63. The third-order valence-corrected chi connectivity index (χ3v) is 5.66. The molecule has 0 atom stereocenters. The van der Waals surface area contributed by atoms with E-state index in [1.807, 2.05) is 6.26 Å². The maximum atomic E-state index is 5.99. The molecule has 0 aliphatic carbocycles. The van der Waals surface area contributed by atoms with Gasteiger partial charge in [0.05, 0.1) is 22.4 Å². The topological polar surface area (TPSA) is 56.3 Å². The first kappa shape index (κ1) is 17.0. The summed E-state index contributed by atoms with van der Waals surface area (Å²) in [5.41, 5.74) is 2.19. The third-order valence-electron chi connectivity index (χ3n) is 3.89. The monoisotopic (exact) mass is 353 g/mol. The molecule has 0 radical (unpaired) electrons. The van der Waals surface area contributed by atoms with Crippen molar-refractivity contribution in [3.05, 3.63) is 10.4 Å². The zero-order valence-corrected chi connectivity index (χ0v) is 15.7. The highest BCUT2D eigenvalue weighted by Crippen LogP contribution is 2.41. The van der Waals surface area contributed by atoms with Crippen LogP contribution in [-0.4, -0.2) is 42.1 Å². The molecule has 0 fully saturated rings. The van der Waals surface area contributed by atoms with E-state index < -0.39 is 0 Å². The fourth-order valence-electron chi connectivity index (χ4n) is 2.68. The van der Waals surface area contributed by atoms with Crippen LogP contribution < -0.4 is 5.32 Å². The molecule has 3 heterocycles. The Kier molecular flexibility index (Phi) is 5.10. The van der Waals surface area contributed by atoms with E-state index in [9.17, 15) is 0 Å². The number of hydrogen-bond donors (Lipinski definition) is 1. The van der Waals surface area contributed by atoms with E-state index >= 15 is 0 Å². The number of fused-ring (bicyclic) bond motifs is 3. The van der Waals surface area contributed by atoms with E-state index in [1.54, 1.807) is 30.2 Å². The molecule has 5 nitrogen and oxygen atoms in total. The second kappa shape index (κ2) is 6.93. The predicted molar refractivity (Wildman–Crippen MR) is 96.8 cm³/mol. The van der Waals surface area contributed by atoms with Gasteiger partial charge in [0.1, 0.15) is 5.82 Å². The van der Waals surface area contributed by atoms with Gasteiger partial charge in [-0.05, 0) is 26.5 Å². The summed E-state index contributed by atoms with van der Waals surface area (Å²) < 4.78 is 12.2. The fourth-order valence-corrected chi connectivity index (χ4v) is 4.47. The highest BCUT2D eigenvalue weighted by Gasteiger charge is 2.30. The van der Waals surface area contributed by atoms with Crippen molar-refractivity contribution in [1.82, 2.24) is 9.97 Å². The number of ether oxygens (including phenoxy) is 2. The van der Waals surface area contributed by atoms with Gasteiger partial charge in [-0.3, -0.25) is 0 Å². The summed E-state index contributed by atoms with van der Waals surface area (Å²) in [5, 5.41) is 4.26. The zero-order chi connectivity index (χ0) is 16.4. The minimum atomic E-state index is -0.101. The van der Waals surface area contributed by atoms with Crippen LogP contribution in [0.5, 0.6) is 0 Å². The summed E-state index contributed by atoms with van der Waals surface area (Å²) in [6, 6.07) is 0. The summed E-state index contributed by atoms with van der Waals surface area (Å²) in [4.78, 5) is 10.8. The number of rotatable bonds is 6. The first-order chi connectivity index (χ1) is 11.0. The van der Waals surface area contributed by atoms with E-state index in [4.69, 9.17) is 14.5 Å². The van der Waals surface area contributed by atoms with Crippen LogP contribution in [-0.2, 0) is 22.5 Å². The Hall–Kier alpha value is -0.890. The highest BCUT2D eigenvalue weighted by molar-refractivity contribution is 7.98. The van der Waals surface area contributed by atoms with Gasteiger partial charge in [-0.25, -0.2) is 9.97 Å². The lowest BCUT2D eigenvalue weighted by atomic mass is 9.98. The number of hydrogen-bond acceptors (Lipinski definition) is 7. The molecule has 0 spiro atoms. The molecule has 23 heavy (non-hydrogen) atoms. The van der Waals surface area contributed by atoms with E-state index in [2.05, 4.69) is 24.1 Å². The van der Waals surface area contributed by atoms with Gasteiger partial charge in [-0.2, -0.15) is 0 Å². The molecular weight excluding hydrogens is 330 g/mol. The van der Waals surface area contributed by atoms with Gasteiger partial charge in [0.2, 0.25) is 0 Å². The van der Waals surface area contributed by atoms with Crippen LogP contribution in [0, 0.1) is 0 Å². The molecule has 2 aromatic heterocycles. The average Bonchev–Trinajstić information content (AvgIpc) is 2.87. The summed E-state index contributed by atoms with van der Waals surface area (Å²) >= 11 is 3.38. The van der Waals surface area contributed by atoms with Crippen molar-refractivity contribution in [3.63, 3.8) is 0 Å². The summed E-state index contributed by atoms with van der Waals surface area (Å²) in [6.45, 7) is 6.51. The van der Waals surface area contributed by atoms with Gasteiger partial charge in [0.15, 0.2) is 5.16 Å². The molecular formula is C16H23N3O2S2.